The number of non-ortho nitro benzene ring substituents is 1. The first-order chi connectivity index (χ1) is 16.4. The van der Waals surface area contributed by atoms with E-state index < -0.39 is 28.5 Å². The molecule has 1 N–H and O–H groups in total. The van der Waals surface area contributed by atoms with Crippen molar-refractivity contribution >= 4 is 46.3 Å². The number of ether oxygens (including phenoxy) is 1. The van der Waals surface area contributed by atoms with Gasteiger partial charge in [-0.3, -0.25) is 29.4 Å². The number of methoxy groups -OCH3 is 1. The van der Waals surface area contributed by atoms with Crippen LogP contribution in [0.4, 0.5) is 16.2 Å². The first-order valence-electron chi connectivity index (χ1n) is 9.88. The van der Waals surface area contributed by atoms with E-state index in [0.717, 1.165) is 4.90 Å². The third-order valence-electron chi connectivity index (χ3n) is 4.79. The lowest BCUT2D eigenvalue weighted by molar-refractivity contribution is -0.384. The number of anilines is 1. The molecule has 2 aromatic carbocycles. The van der Waals surface area contributed by atoms with Gasteiger partial charge in [0, 0.05) is 17.8 Å². The molecule has 0 spiro atoms. The molecule has 1 fully saturated rings. The lowest BCUT2D eigenvalue weighted by atomic mass is 10.1. The number of thioether (sulfide) groups is 1. The fraction of sp³-hybridized carbons (Fsp3) is 0.0870. The molecule has 1 aromatic heterocycles. The number of rotatable bonds is 7. The van der Waals surface area contributed by atoms with Crippen LogP contribution in [0.25, 0.3) is 17.4 Å². The maximum absolute atomic E-state index is 12.7. The molecule has 2 heterocycles. The zero-order valence-corrected chi connectivity index (χ0v) is 18.5. The van der Waals surface area contributed by atoms with Crippen LogP contribution < -0.4 is 10.1 Å². The second-order valence-corrected chi connectivity index (χ2v) is 8.02. The van der Waals surface area contributed by atoms with Gasteiger partial charge in [-0.2, -0.15) is 0 Å². The highest BCUT2D eigenvalue weighted by Gasteiger charge is 2.36. The monoisotopic (exact) mass is 479 g/mol. The highest BCUT2D eigenvalue weighted by Crippen LogP contribution is 2.36. The molecule has 3 aromatic rings. The predicted octanol–water partition coefficient (Wildman–Crippen LogP) is 4.54. The number of imide groups is 1. The smallest absolute Gasteiger partial charge is 0.294 e. The first-order valence-corrected chi connectivity index (χ1v) is 10.7. The summed E-state index contributed by atoms with van der Waals surface area (Å²) in [5.41, 5.74) is 0.913. The third-order valence-corrected chi connectivity index (χ3v) is 5.70. The number of benzene rings is 2. The second-order valence-electron chi connectivity index (χ2n) is 7.03. The molecule has 0 bridgehead atoms. The summed E-state index contributed by atoms with van der Waals surface area (Å²) >= 11 is 0.702. The molecule has 4 rings (SSSR count). The summed E-state index contributed by atoms with van der Waals surface area (Å²) in [5.74, 6) is -0.210. The topological polar surface area (TPSA) is 132 Å². The first kappa shape index (κ1) is 22.8. The van der Waals surface area contributed by atoms with Gasteiger partial charge in [0.2, 0.25) is 5.91 Å². The summed E-state index contributed by atoms with van der Waals surface area (Å²) in [6, 6.07) is 16.0. The predicted molar refractivity (Wildman–Crippen MR) is 125 cm³/mol. The molecule has 1 saturated heterocycles. The van der Waals surface area contributed by atoms with Crippen LogP contribution in [0, 0.1) is 10.1 Å². The molecule has 0 unspecified atom stereocenters. The minimum absolute atomic E-state index is 0.106. The number of furan rings is 1. The summed E-state index contributed by atoms with van der Waals surface area (Å²) in [4.78, 5) is 48.7. The Hall–Kier alpha value is -4.38. The molecule has 0 atom stereocenters. The van der Waals surface area contributed by atoms with Crippen molar-refractivity contribution in [1.29, 1.82) is 0 Å². The highest BCUT2D eigenvalue weighted by molar-refractivity contribution is 8.18. The molecule has 0 aliphatic carbocycles. The molecular formula is C23H17N3O7S. The van der Waals surface area contributed by atoms with Crippen molar-refractivity contribution in [3.63, 3.8) is 0 Å². The Morgan fingerprint density at radius 2 is 1.94 bits per heavy atom. The molecule has 172 valence electrons. The summed E-state index contributed by atoms with van der Waals surface area (Å²) in [6.45, 7) is -0.416. The van der Waals surface area contributed by atoms with E-state index in [0.29, 0.717) is 28.8 Å². The van der Waals surface area contributed by atoms with E-state index in [-0.39, 0.29) is 22.1 Å². The number of amides is 3. The number of nitro benzene ring substituents is 1. The van der Waals surface area contributed by atoms with Gasteiger partial charge in [-0.1, -0.05) is 18.2 Å². The van der Waals surface area contributed by atoms with Gasteiger partial charge in [0.05, 0.1) is 28.6 Å². The SMILES string of the molecule is COc1cc([N+](=O)[O-])ccc1-c1ccc(/C=C2/SC(=O)N(CC(=O)Nc3ccccc3)C2=O)o1. The molecule has 11 heteroatoms. The van der Waals surface area contributed by atoms with E-state index in [1.54, 1.807) is 42.5 Å². The molecule has 0 saturated carbocycles. The van der Waals surface area contributed by atoms with Crippen LogP contribution in [0.15, 0.2) is 70.0 Å². The Labute approximate surface area is 197 Å². The maximum Gasteiger partial charge on any atom is 0.294 e. The average Bonchev–Trinajstić information content (AvgIpc) is 3.39. The van der Waals surface area contributed by atoms with Crippen LogP contribution in [-0.4, -0.2) is 40.5 Å². The van der Waals surface area contributed by atoms with Crippen LogP contribution >= 0.6 is 11.8 Å². The van der Waals surface area contributed by atoms with Crippen molar-refractivity contribution in [3.8, 4) is 17.1 Å². The van der Waals surface area contributed by atoms with Crippen LogP contribution in [0.1, 0.15) is 5.76 Å². The van der Waals surface area contributed by atoms with Gasteiger partial charge in [0.15, 0.2) is 0 Å². The Bertz CT molecular complexity index is 1320. The van der Waals surface area contributed by atoms with Gasteiger partial charge < -0.3 is 14.5 Å². The Kier molecular flexibility index (Phi) is 6.46. The number of hydrogen-bond acceptors (Lipinski definition) is 8. The molecular weight excluding hydrogens is 462 g/mol. The number of hydrogen-bond donors (Lipinski definition) is 1. The van der Waals surface area contributed by atoms with Gasteiger partial charge >= 0.3 is 0 Å². The van der Waals surface area contributed by atoms with Crippen molar-refractivity contribution in [2.24, 2.45) is 0 Å². The molecule has 0 radical (unpaired) electrons. The van der Waals surface area contributed by atoms with E-state index in [1.807, 2.05) is 0 Å². The number of carbonyl (C=O) groups excluding carboxylic acids is 3. The van der Waals surface area contributed by atoms with Gasteiger partial charge in [-0.15, -0.1) is 0 Å². The highest BCUT2D eigenvalue weighted by atomic mass is 32.2. The Morgan fingerprint density at radius 3 is 2.65 bits per heavy atom. The van der Waals surface area contributed by atoms with Crippen molar-refractivity contribution < 1.29 is 28.5 Å². The molecule has 34 heavy (non-hydrogen) atoms. The summed E-state index contributed by atoms with van der Waals surface area (Å²) in [5, 5.41) is 13.0. The van der Waals surface area contributed by atoms with Gasteiger partial charge in [0.1, 0.15) is 23.8 Å². The molecule has 3 amide bonds. The van der Waals surface area contributed by atoms with Crippen molar-refractivity contribution in [2.75, 3.05) is 19.0 Å². The molecule has 1 aliphatic rings. The summed E-state index contributed by atoms with van der Waals surface area (Å²) in [7, 11) is 1.39. The van der Waals surface area contributed by atoms with Crippen LogP contribution in [0.3, 0.4) is 0 Å². The number of carbonyl (C=O) groups is 3. The second kappa shape index (κ2) is 9.63. The molecule has 1 aliphatic heterocycles. The van der Waals surface area contributed by atoms with Crippen LogP contribution in [0.5, 0.6) is 5.75 Å². The zero-order chi connectivity index (χ0) is 24.2. The molecule has 10 nitrogen and oxygen atoms in total. The average molecular weight is 479 g/mol. The summed E-state index contributed by atoms with van der Waals surface area (Å²) < 4.78 is 11.0. The minimum atomic E-state index is -0.607. The van der Waals surface area contributed by atoms with E-state index in [4.69, 9.17) is 9.15 Å². The summed E-state index contributed by atoms with van der Waals surface area (Å²) in [6.07, 6.45) is 1.40. The largest absolute Gasteiger partial charge is 0.496 e. The maximum atomic E-state index is 12.7. The van der Waals surface area contributed by atoms with E-state index >= 15 is 0 Å². The quantitative estimate of drug-likeness (QED) is 0.297. The van der Waals surface area contributed by atoms with Gasteiger partial charge in [0.25, 0.3) is 16.8 Å². The number of nitrogens with one attached hydrogen (secondary N) is 1. The van der Waals surface area contributed by atoms with Crippen molar-refractivity contribution in [1.82, 2.24) is 4.90 Å². The van der Waals surface area contributed by atoms with Gasteiger partial charge in [-0.05, 0) is 42.1 Å². The number of nitro groups is 1. The standard InChI is InChI=1S/C23H17N3O7S/c1-32-19-11-15(26(30)31)7-9-17(19)18-10-8-16(33-18)12-20-22(28)25(23(29)34-20)13-21(27)24-14-5-3-2-4-6-14/h2-12H,13H2,1H3,(H,24,27)/b20-12+. The van der Waals surface area contributed by atoms with Crippen molar-refractivity contribution in [2.45, 2.75) is 0 Å². The Balaban J connectivity index is 1.49. The fourth-order valence-corrected chi connectivity index (χ4v) is 4.02. The van der Waals surface area contributed by atoms with Gasteiger partial charge in [-0.25, -0.2) is 0 Å². The number of nitrogens with zero attached hydrogens (tertiary/aromatic N) is 2. The van der Waals surface area contributed by atoms with E-state index in [2.05, 4.69) is 5.32 Å². The zero-order valence-electron chi connectivity index (χ0n) is 17.7. The minimum Gasteiger partial charge on any atom is -0.496 e. The van der Waals surface area contributed by atoms with Crippen molar-refractivity contribution in [3.05, 3.63) is 81.4 Å². The fourth-order valence-electron chi connectivity index (χ4n) is 3.20. The Morgan fingerprint density at radius 1 is 1.18 bits per heavy atom. The van der Waals surface area contributed by atoms with E-state index in [1.165, 1.54) is 31.4 Å². The third kappa shape index (κ3) is 4.84. The lowest BCUT2D eigenvalue weighted by Gasteiger charge is -2.12. The van der Waals surface area contributed by atoms with Crippen LogP contribution in [0.2, 0.25) is 0 Å². The number of para-hydroxylation sites is 1. The normalized spacial score (nSPS) is 14.5. The lowest BCUT2D eigenvalue weighted by Crippen LogP contribution is -2.36. The van der Waals surface area contributed by atoms with Crippen LogP contribution in [-0.2, 0) is 9.59 Å². The van der Waals surface area contributed by atoms with E-state index in [9.17, 15) is 24.5 Å².